The van der Waals surface area contributed by atoms with Crippen molar-refractivity contribution in [3.05, 3.63) is 86.1 Å². The zero-order chi connectivity index (χ0) is 34.5. The van der Waals surface area contributed by atoms with Crippen molar-refractivity contribution < 1.29 is 52.7 Å². The Morgan fingerprint density at radius 3 is 2.43 bits per heavy atom. The molecule has 6 aliphatic heterocycles. The molecule has 13 heteroatoms. The number of ether oxygens (including phenoxy) is 6. The van der Waals surface area contributed by atoms with Gasteiger partial charge in [0.15, 0.2) is 0 Å². The summed E-state index contributed by atoms with van der Waals surface area (Å²) in [6.45, 7) is 7.03. The average molecular weight is 679 g/mol. The number of aliphatic hydroxyl groups excluding tert-OH is 1. The van der Waals surface area contributed by atoms with Gasteiger partial charge in [-0.1, -0.05) is 61.3 Å². The molecule has 6 heterocycles. The Labute approximate surface area is 284 Å². The van der Waals surface area contributed by atoms with E-state index in [4.69, 9.17) is 28.4 Å². The van der Waals surface area contributed by atoms with Gasteiger partial charge < -0.3 is 38.8 Å². The van der Waals surface area contributed by atoms with Crippen LogP contribution in [0, 0.1) is 0 Å². The fourth-order valence-electron chi connectivity index (χ4n) is 6.82. The maximum atomic E-state index is 12.7. The molecule has 0 unspecified atom stereocenters. The van der Waals surface area contributed by atoms with Crippen molar-refractivity contribution in [3.63, 3.8) is 0 Å². The first-order valence-electron chi connectivity index (χ1n) is 16.6. The SMILES string of the molecule is C=C/C=C/[C@H]1C=CC[C@@H]2O[C@@H]3C[C@@H]4O[C@@H]5C=C[C@H](OC(=O)CNC(=O)CCN6C(=O)C=CC6=O)[C@@H](CC=C)O[C@H]5C=C[C@H]4O[C@H]3[C@H](O)[C@H]2O1. The number of esters is 1. The zero-order valence-corrected chi connectivity index (χ0v) is 27.0. The number of aliphatic hydroxyl groups is 1. The van der Waals surface area contributed by atoms with Gasteiger partial charge in [-0.2, -0.15) is 0 Å². The van der Waals surface area contributed by atoms with E-state index < -0.39 is 91.3 Å². The summed E-state index contributed by atoms with van der Waals surface area (Å²) < 4.78 is 37.7. The van der Waals surface area contributed by atoms with Crippen LogP contribution in [0.3, 0.4) is 0 Å². The maximum Gasteiger partial charge on any atom is 0.326 e. The van der Waals surface area contributed by atoms with E-state index in [1.54, 1.807) is 30.4 Å². The summed E-state index contributed by atoms with van der Waals surface area (Å²) >= 11 is 0. The third-order valence-electron chi connectivity index (χ3n) is 9.24. The summed E-state index contributed by atoms with van der Waals surface area (Å²) in [4.78, 5) is 49.3. The van der Waals surface area contributed by atoms with E-state index in [-0.39, 0.29) is 25.2 Å². The number of carbonyl (C=O) groups excluding carboxylic acids is 4. The zero-order valence-electron chi connectivity index (χ0n) is 27.0. The summed E-state index contributed by atoms with van der Waals surface area (Å²) in [5.74, 6) is -2.16. The highest BCUT2D eigenvalue weighted by molar-refractivity contribution is 6.13. The molecule has 0 aromatic rings. The maximum absolute atomic E-state index is 12.7. The van der Waals surface area contributed by atoms with Gasteiger partial charge in [0.05, 0.1) is 24.4 Å². The van der Waals surface area contributed by atoms with Crippen LogP contribution in [0.4, 0.5) is 0 Å². The monoisotopic (exact) mass is 678 g/mol. The molecule has 49 heavy (non-hydrogen) atoms. The average Bonchev–Trinajstić information content (AvgIpc) is 3.24. The third kappa shape index (κ3) is 8.09. The first-order chi connectivity index (χ1) is 23.7. The van der Waals surface area contributed by atoms with Gasteiger partial charge in [-0.05, 0) is 18.9 Å². The van der Waals surface area contributed by atoms with Crippen molar-refractivity contribution in [1.29, 1.82) is 0 Å². The number of rotatable bonds is 10. The lowest BCUT2D eigenvalue weighted by molar-refractivity contribution is -0.287. The fraction of sp³-hybridized carbons (Fsp3) is 0.500. The summed E-state index contributed by atoms with van der Waals surface area (Å²) in [6, 6.07) is 0. The molecule has 2 saturated heterocycles. The normalized spacial score (nSPS) is 38.0. The standard InChI is InChI=1S/C36H42N2O11/c1-3-5-8-21-9-6-10-27-35(44-21)34(43)36-29(47-27)19-28-26(49-36)14-12-23-24(46-28)11-13-25(22(45-23)7-4-2)48-33(42)20-37-30(39)17-18-38-31(40)15-16-32(38)41/h3-6,8-9,11-16,21-29,34-36,43H,1-2,7,10,17-20H2,(H,37,39)/b8-5+/t21-,22+,23-,24+,25-,26+,27-,28-,29+,34+,35-,36+/m0/s1. The lowest BCUT2D eigenvalue weighted by Crippen LogP contribution is -2.63. The van der Waals surface area contributed by atoms with E-state index in [0.717, 1.165) is 17.1 Å². The first kappa shape index (κ1) is 34.9. The quantitative estimate of drug-likeness (QED) is 0.148. The Bertz CT molecular complexity index is 1430. The summed E-state index contributed by atoms with van der Waals surface area (Å²) in [5, 5.41) is 13.9. The second kappa shape index (κ2) is 15.7. The number of hydrogen-bond acceptors (Lipinski definition) is 11. The molecule has 2 fully saturated rings. The Morgan fingerprint density at radius 1 is 0.918 bits per heavy atom. The van der Waals surface area contributed by atoms with Gasteiger partial charge in [-0.3, -0.25) is 24.1 Å². The molecule has 13 nitrogen and oxygen atoms in total. The number of hydrogen-bond donors (Lipinski definition) is 2. The molecule has 0 aliphatic carbocycles. The highest BCUT2D eigenvalue weighted by atomic mass is 16.6. The van der Waals surface area contributed by atoms with Crippen molar-refractivity contribution in [3.8, 4) is 0 Å². The number of imide groups is 1. The molecular formula is C36H42N2O11. The third-order valence-corrected chi connectivity index (χ3v) is 9.24. The highest BCUT2D eigenvalue weighted by Gasteiger charge is 2.52. The molecule has 12 atom stereocenters. The lowest BCUT2D eigenvalue weighted by atomic mass is 9.87. The van der Waals surface area contributed by atoms with Gasteiger partial charge in [0, 0.05) is 31.5 Å². The van der Waals surface area contributed by atoms with Crippen molar-refractivity contribution >= 4 is 23.7 Å². The number of allylic oxidation sites excluding steroid dienone is 2. The predicted octanol–water partition coefficient (Wildman–Crippen LogP) is 1.29. The van der Waals surface area contributed by atoms with Gasteiger partial charge in [0.25, 0.3) is 11.8 Å². The fourth-order valence-corrected chi connectivity index (χ4v) is 6.82. The lowest BCUT2D eigenvalue weighted by Gasteiger charge is -2.49. The number of nitrogens with zero attached hydrogens (tertiary/aromatic N) is 1. The molecule has 6 aliphatic rings. The van der Waals surface area contributed by atoms with Crippen LogP contribution in [-0.2, 0) is 47.6 Å². The van der Waals surface area contributed by atoms with E-state index in [2.05, 4.69) is 18.5 Å². The van der Waals surface area contributed by atoms with E-state index in [0.29, 0.717) is 19.3 Å². The summed E-state index contributed by atoms with van der Waals surface area (Å²) in [6.07, 6.45) is 15.3. The number of fused-ring (bicyclic) bond motifs is 4. The van der Waals surface area contributed by atoms with Crippen LogP contribution in [0.2, 0.25) is 0 Å². The van der Waals surface area contributed by atoms with Crippen LogP contribution in [0.1, 0.15) is 25.7 Å². The van der Waals surface area contributed by atoms with Gasteiger partial charge in [-0.15, -0.1) is 6.58 Å². The molecule has 0 bridgehead atoms. The van der Waals surface area contributed by atoms with Gasteiger partial charge in [0.2, 0.25) is 5.91 Å². The molecular weight excluding hydrogens is 636 g/mol. The smallest absolute Gasteiger partial charge is 0.326 e. The van der Waals surface area contributed by atoms with Crippen molar-refractivity contribution in [2.45, 2.75) is 98.9 Å². The first-order valence-corrected chi connectivity index (χ1v) is 16.6. The van der Waals surface area contributed by atoms with Crippen LogP contribution in [0.15, 0.2) is 86.1 Å². The minimum absolute atomic E-state index is 0.0923. The van der Waals surface area contributed by atoms with E-state index in [9.17, 15) is 24.3 Å². The van der Waals surface area contributed by atoms with Gasteiger partial charge in [-0.25, -0.2) is 0 Å². The largest absolute Gasteiger partial charge is 0.454 e. The van der Waals surface area contributed by atoms with E-state index >= 15 is 0 Å². The van der Waals surface area contributed by atoms with Crippen LogP contribution in [0.25, 0.3) is 0 Å². The second-order valence-corrected chi connectivity index (χ2v) is 12.6. The van der Waals surface area contributed by atoms with Crippen molar-refractivity contribution in [1.82, 2.24) is 10.2 Å². The minimum Gasteiger partial charge on any atom is -0.454 e. The molecule has 262 valence electrons. The Kier molecular flexibility index (Phi) is 11.2. The highest BCUT2D eigenvalue weighted by Crippen LogP contribution is 2.39. The molecule has 3 amide bonds. The predicted molar refractivity (Wildman–Crippen MR) is 173 cm³/mol. The van der Waals surface area contributed by atoms with Crippen LogP contribution in [-0.4, -0.2) is 120 Å². The van der Waals surface area contributed by atoms with Crippen LogP contribution < -0.4 is 5.32 Å². The molecule has 0 radical (unpaired) electrons. The molecule has 0 saturated carbocycles. The van der Waals surface area contributed by atoms with Crippen molar-refractivity contribution in [2.24, 2.45) is 0 Å². The summed E-state index contributed by atoms with van der Waals surface area (Å²) in [5.41, 5.74) is 0. The van der Waals surface area contributed by atoms with E-state index in [1.807, 2.05) is 30.4 Å². The minimum atomic E-state index is -0.907. The number of amides is 3. The Balaban J connectivity index is 1.05. The number of carbonyl (C=O) groups is 4. The van der Waals surface area contributed by atoms with Gasteiger partial charge >= 0.3 is 5.97 Å². The van der Waals surface area contributed by atoms with Gasteiger partial charge in [0.1, 0.15) is 55.4 Å². The molecule has 6 rings (SSSR count). The molecule has 0 aromatic carbocycles. The topological polar surface area (TPSA) is 159 Å². The molecule has 0 aromatic heterocycles. The number of nitrogens with one attached hydrogen (secondary N) is 1. The summed E-state index contributed by atoms with van der Waals surface area (Å²) in [7, 11) is 0. The molecule has 2 N–H and O–H groups in total. The molecule has 0 spiro atoms. The van der Waals surface area contributed by atoms with Crippen molar-refractivity contribution in [2.75, 3.05) is 13.1 Å². The van der Waals surface area contributed by atoms with Crippen LogP contribution in [0.5, 0.6) is 0 Å². The Hall–Kier alpha value is -3.98. The van der Waals surface area contributed by atoms with Crippen LogP contribution >= 0.6 is 0 Å². The van der Waals surface area contributed by atoms with E-state index in [1.165, 1.54) is 0 Å². The second-order valence-electron chi connectivity index (χ2n) is 12.6. The Morgan fingerprint density at radius 2 is 1.65 bits per heavy atom.